The Hall–Kier alpha value is -0.770. The second kappa shape index (κ2) is 5.21. The van der Waals surface area contributed by atoms with Crippen LogP contribution >= 0.6 is 11.6 Å². The monoisotopic (exact) mass is 295 g/mol. The second-order valence-corrected chi connectivity index (χ2v) is 6.61. The molecule has 2 heterocycles. The molecule has 0 aliphatic carbocycles. The fraction of sp³-hybridized carbons (Fsp3) is 0.625. The predicted octanol–water partition coefficient (Wildman–Crippen LogP) is 3.71. The Balaban J connectivity index is 1.96. The molecule has 2 aliphatic rings. The summed E-state index contributed by atoms with van der Waals surface area (Å²) in [6.45, 7) is 4.26. The quantitative estimate of drug-likeness (QED) is 0.857. The smallest absolute Gasteiger partial charge is 0.125 e. The lowest BCUT2D eigenvalue weighted by molar-refractivity contribution is -0.130. The molecular formula is C16H22ClNO2. The lowest BCUT2D eigenvalue weighted by Crippen LogP contribution is -2.51. The largest absolute Gasteiger partial charge is 0.487 e. The first kappa shape index (κ1) is 14.2. The number of rotatable bonds is 1. The molecule has 3 nitrogen and oxygen atoms in total. The molecule has 1 saturated heterocycles. The summed E-state index contributed by atoms with van der Waals surface area (Å²) in [6.07, 6.45) is 3.33. The van der Waals surface area contributed by atoms with Gasteiger partial charge in [0.2, 0.25) is 0 Å². The van der Waals surface area contributed by atoms with Crippen LogP contribution in [0.3, 0.4) is 0 Å². The van der Waals surface area contributed by atoms with Crippen molar-refractivity contribution in [3.63, 3.8) is 0 Å². The van der Waals surface area contributed by atoms with Crippen molar-refractivity contribution in [2.45, 2.75) is 57.0 Å². The number of hydrogen-bond acceptors (Lipinski definition) is 3. The fourth-order valence-electron chi connectivity index (χ4n) is 3.77. The van der Waals surface area contributed by atoms with Gasteiger partial charge in [-0.25, -0.2) is 0 Å². The van der Waals surface area contributed by atoms with Gasteiger partial charge in [0.05, 0.1) is 12.2 Å². The minimum Gasteiger partial charge on any atom is -0.487 e. The Labute approximate surface area is 125 Å². The SMILES string of the molecule is CNC1CC2(CC(C)OC(C)C2)Oc2ccc(Cl)cc21. The molecule has 1 N–H and O–H groups in total. The van der Waals surface area contributed by atoms with Crippen molar-refractivity contribution in [3.05, 3.63) is 28.8 Å². The highest BCUT2D eigenvalue weighted by atomic mass is 35.5. The van der Waals surface area contributed by atoms with E-state index in [9.17, 15) is 0 Å². The van der Waals surface area contributed by atoms with Crippen LogP contribution in [0.4, 0.5) is 0 Å². The summed E-state index contributed by atoms with van der Waals surface area (Å²) in [5, 5.41) is 4.17. The van der Waals surface area contributed by atoms with Crippen LogP contribution < -0.4 is 10.1 Å². The number of benzene rings is 1. The summed E-state index contributed by atoms with van der Waals surface area (Å²) in [7, 11) is 2.00. The Bertz CT molecular complexity index is 495. The number of halogens is 1. The number of ether oxygens (including phenoxy) is 2. The van der Waals surface area contributed by atoms with Gasteiger partial charge in [0.15, 0.2) is 0 Å². The Kier molecular flexibility index (Phi) is 3.69. The highest BCUT2D eigenvalue weighted by molar-refractivity contribution is 6.30. The lowest BCUT2D eigenvalue weighted by atomic mass is 9.78. The molecule has 110 valence electrons. The predicted molar refractivity (Wildman–Crippen MR) is 80.5 cm³/mol. The zero-order chi connectivity index (χ0) is 14.3. The van der Waals surface area contributed by atoms with Crippen molar-refractivity contribution in [3.8, 4) is 5.75 Å². The van der Waals surface area contributed by atoms with Crippen molar-refractivity contribution in [1.82, 2.24) is 5.32 Å². The van der Waals surface area contributed by atoms with E-state index in [0.717, 1.165) is 35.6 Å². The second-order valence-electron chi connectivity index (χ2n) is 6.18. The highest BCUT2D eigenvalue weighted by Crippen LogP contribution is 2.46. The molecular weight excluding hydrogens is 274 g/mol. The van der Waals surface area contributed by atoms with Gasteiger partial charge in [0.25, 0.3) is 0 Å². The van der Waals surface area contributed by atoms with E-state index in [1.807, 2.05) is 25.2 Å². The van der Waals surface area contributed by atoms with E-state index in [-0.39, 0.29) is 23.9 Å². The van der Waals surface area contributed by atoms with Gasteiger partial charge in [-0.05, 0) is 39.1 Å². The van der Waals surface area contributed by atoms with Crippen LogP contribution in [-0.2, 0) is 4.74 Å². The Morgan fingerprint density at radius 1 is 1.20 bits per heavy atom. The van der Waals surface area contributed by atoms with Crippen molar-refractivity contribution in [2.75, 3.05) is 7.05 Å². The van der Waals surface area contributed by atoms with Crippen LogP contribution in [0, 0.1) is 0 Å². The van der Waals surface area contributed by atoms with Crippen molar-refractivity contribution < 1.29 is 9.47 Å². The maximum absolute atomic E-state index is 6.41. The summed E-state index contributed by atoms with van der Waals surface area (Å²) >= 11 is 6.12. The van der Waals surface area contributed by atoms with Crippen molar-refractivity contribution in [2.24, 2.45) is 0 Å². The molecule has 3 unspecified atom stereocenters. The molecule has 1 spiro atoms. The Morgan fingerprint density at radius 3 is 2.55 bits per heavy atom. The standard InChI is InChI=1S/C16H22ClNO2/c1-10-7-16(8-11(2)19-10)9-14(18-3)13-6-12(17)4-5-15(13)20-16/h4-6,10-11,14,18H,7-9H2,1-3H3. The summed E-state index contributed by atoms with van der Waals surface area (Å²) in [5.41, 5.74) is 1.04. The van der Waals surface area contributed by atoms with Gasteiger partial charge in [-0.3, -0.25) is 0 Å². The van der Waals surface area contributed by atoms with Crippen LogP contribution in [0.15, 0.2) is 18.2 Å². The van der Waals surface area contributed by atoms with Gasteiger partial charge in [-0.15, -0.1) is 0 Å². The van der Waals surface area contributed by atoms with E-state index in [2.05, 4.69) is 19.2 Å². The van der Waals surface area contributed by atoms with E-state index in [1.165, 1.54) is 0 Å². The maximum atomic E-state index is 6.41. The molecule has 1 aromatic rings. The summed E-state index contributed by atoms with van der Waals surface area (Å²) in [5.74, 6) is 0.960. The van der Waals surface area contributed by atoms with E-state index >= 15 is 0 Å². The molecule has 20 heavy (non-hydrogen) atoms. The lowest BCUT2D eigenvalue weighted by Gasteiger charge is -2.47. The number of nitrogens with one attached hydrogen (secondary N) is 1. The van der Waals surface area contributed by atoms with E-state index in [0.29, 0.717) is 0 Å². The zero-order valence-electron chi connectivity index (χ0n) is 12.3. The normalized spacial score (nSPS) is 36.5. The molecule has 4 heteroatoms. The zero-order valence-corrected chi connectivity index (χ0v) is 13.0. The van der Waals surface area contributed by atoms with Gasteiger partial charge in [-0.1, -0.05) is 11.6 Å². The van der Waals surface area contributed by atoms with Crippen LogP contribution in [0.25, 0.3) is 0 Å². The first-order chi connectivity index (χ1) is 9.51. The van der Waals surface area contributed by atoms with Gasteiger partial charge >= 0.3 is 0 Å². The molecule has 0 radical (unpaired) electrons. The minimum absolute atomic E-state index is 0.119. The molecule has 0 bridgehead atoms. The molecule has 3 atom stereocenters. The summed E-state index contributed by atoms with van der Waals surface area (Å²) in [6, 6.07) is 6.19. The average Bonchev–Trinajstić information content (AvgIpc) is 2.37. The molecule has 3 rings (SSSR count). The van der Waals surface area contributed by atoms with Crippen LogP contribution in [0.5, 0.6) is 5.75 Å². The van der Waals surface area contributed by atoms with E-state index in [1.54, 1.807) is 0 Å². The highest BCUT2D eigenvalue weighted by Gasteiger charge is 2.45. The average molecular weight is 296 g/mol. The van der Waals surface area contributed by atoms with Crippen LogP contribution in [0.1, 0.15) is 44.7 Å². The number of fused-ring (bicyclic) bond motifs is 1. The first-order valence-electron chi connectivity index (χ1n) is 7.32. The van der Waals surface area contributed by atoms with Crippen molar-refractivity contribution in [1.29, 1.82) is 0 Å². The summed E-state index contributed by atoms with van der Waals surface area (Å²) < 4.78 is 12.3. The third kappa shape index (κ3) is 2.54. The molecule has 1 fully saturated rings. The topological polar surface area (TPSA) is 30.5 Å². The maximum Gasteiger partial charge on any atom is 0.125 e. The third-order valence-electron chi connectivity index (χ3n) is 4.38. The van der Waals surface area contributed by atoms with Crippen LogP contribution in [-0.4, -0.2) is 24.9 Å². The Morgan fingerprint density at radius 2 is 1.90 bits per heavy atom. The molecule has 2 aliphatic heterocycles. The molecule has 0 aromatic heterocycles. The van der Waals surface area contributed by atoms with Gasteiger partial charge in [-0.2, -0.15) is 0 Å². The number of hydrogen-bond donors (Lipinski definition) is 1. The van der Waals surface area contributed by atoms with Crippen LogP contribution in [0.2, 0.25) is 5.02 Å². The first-order valence-corrected chi connectivity index (χ1v) is 7.70. The summed E-state index contributed by atoms with van der Waals surface area (Å²) in [4.78, 5) is 0. The minimum atomic E-state index is -0.119. The van der Waals surface area contributed by atoms with Crippen molar-refractivity contribution >= 4 is 11.6 Å². The molecule has 0 saturated carbocycles. The van der Waals surface area contributed by atoms with Gasteiger partial charge in [0, 0.05) is 35.9 Å². The third-order valence-corrected chi connectivity index (χ3v) is 4.62. The molecule has 0 amide bonds. The van der Waals surface area contributed by atoms with E-state index in [4.69, 9.17) is 21.1 Å². The van der Waals surface area contributed by atoms with Gasteiger partial charge < -0.3 is 14.8 Å². The fourth-order valence-corrected chi connectivity index (χ4v) is 3.95. The van der Waals surface area contributed by atoms with E-state index < -0.39 is 0 Å². The molecule has 1 aromatic carbocycles. The van der Waals surface area contributed by atoms with Gasteiger partial charge in [0.1, 0.15) is 11.4 Å².